The summed E-state index contributed by atoms with van der Waals surface area (Å²) in [5, 5.41) is 0. The molecule has 10 heavy (non-hydrogen) atoms. The van der Waals surface area contributed by atoms with E-state index in [0.29, 0.717) is 0 Å². The Morgan fingerprint density at radius 2 is 2.10 bits per heavy atom. The Morgan fingerprint density at radius 1 is 1.50 bits per heavy atom. The number of rotatable bonds is 3. The summed E-state index contributed by atoms with van der Waals surface area (Å²) < 4.78 is 0. The molecule has 0 radical (unpaired) electrons. The van der Waals surface area contributed by atoms with Crippen LogP contribution in [0.5, 0.6) is 0 Å². The summed E-state index contributed by atoms with van der Waals surface area (Å²) >= 11 is 0. The molecule has 1 heterocycles. The maximum atomic E-state index is 10.5. The predicted molar refractivity (Wildman–Crippen MR) is 40.9 cm³/mol. The largest absolute Gasteiger partial charge is 0.303 e. The molecule has 2 nitrogen and oxygen atoms in total. The molecular formula is C8H15NO. The van der Waals surface area contributed by atoms with Crippen LogP contribution in [0.1, 0.15) is 20.3 Å². The van der Waals surface area contributed by atoms with Gasteiger partial charge in [0.05, 0.1) is 0 Å². The summed E-state index contributed by atoms with van der Waals surface area (Å²) in [5.41, 5.74) is -0.138. The summed E-state index contributed by atoms with van der Waals surface area (Å²) in [4.78, 5) is 12.8. The second-order valence-corrected chi connectivity index (χ2v) is 3.74. The van der Waals surface area contributed by atoms with Gasteiger partial charge in [0.2, 0.25) is 0 Å². The molecule has 0 atom stereocenters. The average Bonchev–Trinajstić information content (AvgIpc) is 1.80. The Morgan fingerprint density at radius 3 is 2.40 bits per heavy atom. The van der Waals surface area contributed by atoms with E-state index in [1.54, 1.807) is 0 Å². The summed E-state index contributed by atoms with van der Waals surface area (Å²) in [6.07, 6.45) is 2.35. The van der Waals surface area contributed by atoms with Gasteiger partial charge in [0.1, 0.15) is 6.29 Å². The second kappa shape index (κ2) is 2.70. The minimum atomic E-state index is -0.138. The van der Waals surface area contributed by atoms with Crippen molar-refractivity contribution in [2.24, 2.45) is 5.41 Å². The zero-order chi connectivity index (χ0) is 7.61. The van der Waals surface area contributed by atoms with Gasteiger partial charge in [-0.1, -0.05) is 13.8 Å². The monoisotopic (exact) mass is 141 g/mol. The second-order valence-electron chi connectivity index (χ2n) is 3.74. The van der Waals surface area contributed by atoms with Gasteiger partial charge in [0, 0.05) is 12.0 Å². The van der Waals surface area contributed by atoms with Crippen molar-refractivity contribution in [2.45, 2.75) is 20.3 Å². The van der Waals surface area contributed by atoms with Crippen LogP contribution >= 0.6 is 0 Å². The minimum absolute atomic E-state index is 0.138. The van der Waals surface area contributed by atoms with Crippen molar-refractivity contribution in [3.63, 3.8) is 0 Å². The summed E-state index contributed by atoms with van der Waals surface area (Å²) in [6, 6.07) is 0. The van der Waals surface area contributed by atoms with Gasteiger partial charge < -0.3 is 9.69 Å². The number of hydrogen-bond acceptors (Lipinski definition) is 2. The molecule has 58 valence electrons. The van der Waals surface area contributed by atoms with Crippen molar-refractivity contribution in [1.82, 2.24) is 4.90 Å². The lowest BCUT2D eigenvalue weighted by atomic mass is 9.94. The molecule has 0 saturated carbocycles. The summed E-state index contributed by atoms with van der Waals surface area (Å²) in [7, 11) is 0. The summed E-state index contributed by atoms with van der Waals surface area (Å²) in [6.45, 7) is 7.25. The van der Waals surface area contributed by atoms with E-state index in [9.17, 15) is 4.79 Å². The molecule has 1 rings (SSSR count). The molecule has 0 bridgehead atoms. The SMILES string of the molecule is CC(C)(C=O)CN1CCC1. The van der Waals surface area contributed by atoms with Crippen molar-refractivity contribution in [3.8, 4) is 0 Å². The van der Waals surface area contributed by atoms with Gasteiger partial charge in [-0.2, -0.15) is 0 Å². The minimum Gasteiger partial charge on any atom is -0.303 e. The Labute approximate surface area is 62.2 Å². The van der Waals surface area contributed by atoms with Crippen LogP contribution in [0.3, 0.4) is 0 Å². The standard InChI is InChI=1S/C8H15NO/c1-8(2,7-10)6-9-4-3-5-9/h7H,3-6H2,1-2H3. The molecule has 0 aromatic carbocycles. The van der Waals surface area contributed by atoms with Gasteiger partial charge in [-0.15, -0.1) is 0 Å². The normalized spacial score (nSPS) is 20.2. The number of nitrogens with zero attached hydrogens (tertiary/aromatic N) is 1. The highest BCUT2D eigenvalue weighted by Crippen LogP contribution is 2.17. The van der Waals surface area contributed by atoms with Gasteiger partial charge in [0.25, 0.3) is 0 Å². The molecule has 1 aliphatic heterocycles. The number of carbonyl (C=O) groups excluding carboxylic acids is 1. The smallest absolute Gasteiger partial charge is 0.126 e. The molecule has 0 spiro atoms. The van der Waals surface area contributed by atoms with E-state index in [1.165, 1.54) is 19.5 Å². The topological polar surface area (TPSA) is 20.3 Å². The van der Waals surface area contributed by atoms with Crippen molar-refractivity contribution in [3.05, 3.63) is 0 Å². The van der Waals surface area contributed by atoms with Crippen LogP contribution in [-0.2, 0) is 4.79 Å². The van der Waals surface area contributed by atoms with E-state index in [0.717, 1.165) is 12.8 Å². The molecular weight excluding hydrogens is 126 g/mol. The van der Waals surface area contributed by atoms with Crippen molar-refractivity contribution in [1.29, 1.82) is 0 Å². The highest BCUT2D eigenvalue weighted by molar-refractivity contribution is 5.58. The van der Waals surface area contributed by atoms with Gasteiger partial charge in [-0.25, -0.2) is 0 Å². The number of carbonyl (C=O) groups is 1. The van der Waals surface area contributed by atoms with Crippen LogP contribution in [0.15, 0.2) is 0 Å². The number of likely N-dealkylation sites (tertiary alicyclic amines) is 1. The highest BCUT2D eigenvalue weighted by atomic mass is 16.1. The van der Waals surface area contributed by atoms with Crippen molar-refractivity contribution >= 4 is 6.29 Å². The van der Waals surface area contributed by atoms with Crippen LogP contribution in [-0.4, -0.2) is 30.8 Å². The van der Waals surface area contributed by atoms with E-state index >= 15 is 0 Å². The van der Waals surface area contributed by atoms with Crippen LogP contribution in [0.25, 0.3) is 0 Å². The molecule has 0 aliphatic carbocycles. The first-order valence-corrected chi connectivity index (χ1v) is 3.83. The van der Waals surface area contributed by atoms with Crippen LogP contribution in [0, 0.1) is 5.41 Å². The third kappa shape index (κ3) is 1.81. The molecule has 2 heteroatoms. The predicted octanol–water partition coefficient (Wildman–Crippen LogP) is 0.917. The first-order valence-electron chi connectivity index (χ1n) is 3.83. The molecule has 0 N–H and O–H groups in total. The maximum Gasteiger partial charge on any atom is 0.126 e. The Hall–Kier alpha value is -0.370. The molecule has 0 amide bonds. The molecule has 1 saturated heterocycles. The fraction of sp³-hybridized carbons (Fsp3) is 0.875. The molecule has 0 unspecified atom stereocenters. The molecule has 1 fully saturated rings. The number of aldehydes is 1. The van der Waals surface area contributed by atoms with Crippen molar-refractivity contribution < 1.29 is 4.79 Å². The fourth-order valence-corrected chi connectivity index (χ4v) is 1.15. The third-order valence-corrected chi connectivity index (χ3v) is 1.90. The quantitative estimate of drug-likeness (QED) is 0.545. The molecule has 1 aliphatic rings. The van der Waals surface area contributed by atoms with Crippen LogP contribution in [0.4, 0.5) is 0 Å². The zero-order valence-corrected chi connectivity index (χ0v) is 6.76. The fourth-order valence-electron chi connectivity index (χ4n) is 1.15. The van der Waals surface area contributed by atoms with Gasteiger partial charge in [-0.3, -0.25) is 0 Å². The number of hydrogen-bond donors (Lipinski definition) is 0. The maximum absolute atomic E-state index is 10.5. The highest BCUT2D eigenvalue weighted by Gasteiger charge is 2.23. The Balaban J connectivity index is 2.27. The van der Waals surface area contributed by atoms with E-state index in [1.807, 2.05) is 13.8 Å². The van der Waals surface area contributed by atoms with E-state index < -0.39 is 0 Å². The van der Waals surface area contributed by atoms with E-state index in [2.05, 4.69) is 4.90 Å². The summed E-state index contributed by atoms with van der Waals surface area (Å²) in [5.74, 6) is 0. The first kappa shape index (κ1) is 7.73. The Bertz CT molecular complexity index is 127. The Kier molecular flexibility index (Phi) is 2.09. The first-order chi connectivity index (χ1) is 4.64. The molecule has 0 aromatic rings. The van der Waals surface area contributed by atoms with Crippen LogP contribution < -0.4 is 0 Å². The average molecular weight is 141 g/mol. The van der Waals surface area contributed by atoms with Crippen molar-refractivity contribution in [2.75, 3.05) is 19.6 Å². The van der Waals surface area contributed by atoms with E-state index in [4.69, 9.17) is 0 Å². The zero-order valence-electron chi connectivity index (χ0n) is 6.76. The lowest BCUT2D eigenvalue weighted by Crippen LogP contribution is -2.43. The lowest BCUT2D eigenvalue weighted by molar-refractivity contribution is -0.116. The molecule has 0 aromatic heterocycles. The lowest BCUT2D eigenvalue weighted by Gasteiger charge is -2.35. The van der Waals surface area contributed by atoms with E-state index in [-0.39, 0.29) is 5.41 Å². The van der Waals surface area contributed by atoms with Gasteiger partial charge in [0.15, 0.2) is 0 Å². The van der Waals surface area contributed by atoms with Gasteiger partial charge in [-0.05, 0) is 19.5 Å². The van der Waals surface area contributed by atoms with Crippen LogP contribution in [0.2, 0.25) is 0 Å². The third-order valence-electron chi connectivity index (χ3n) is 1.90. The van der Waals surface area contributed by atoms with Gasteiger partial charge >= 0.3 is 0 Å².